The molecule has 0 radical (unpaired) electrons. The smallest absolute Gasteiger partial charge is 0.338 e. The summed E-state index contributed by atoms with van der Waals surface area (Å²) >= 11 is 1.03. The normalized spacial score (nSPS) is 10.6. The molecule has 162 valence electrons. The summed E-state index contributed by atoms with van der Waals surface area (Å²) in [5.41, 5.74) is 0.525. The predicted molar refractivity (Wildman–Crippen MR) is 111 cm³/mol. The third-order valence-electron chi connectivity index (χ3n) is 4.04. The summed E-state index contributed by atoms with van der Waals surface area (Å²) in [6.07, 6.45) is 0.0461. The predicted octanol–water partition coefficient (Wildman–Crippen LogP) is 1.25. The summed E-state index contributed by atoms with van der Waals surface area (Å²) < 4.78 is 10.4. The van der Waals surface area contributed by atoms with Crippen LogP contribution in [0.15, 0.2) is 43.5 Å². The van der Waals surface area contributed by atoms with Gasteiger partial charge in [-0.3, -0.25) is 14.6 Å². The lowest BCUT2D eigenvalue weighted by atomic mass is 10.2. The first-order valence-electron chi connectivity index (χ1n) is 9.20. The minimum atomic E-state index is -0.588. The van der Waals surface area contributed by atoms with Gasteiger partial charge in [-0.2, -0.15) is 0 Å². The van der Waals surface area contributed by atoms with Gasteiger partial charge in [-0.05, 0) is 38.1 Å². The molecule has 3 aromatic rings. The van der Waals surface area contributed by atoms with Crippen LogP contribution in [0.4, 0.5) is 5.69 Å². The fourth-order valence-electron chi connectivity index (χ4n) is 2.59. The lowest BCUT2D eigenvalue weighted by Crippen LogP contribution is -2.27. The van der Waals surface area contributed by atoms with E-state index in [4.69, 9.17) is 9.15 Å². The maximum atomic E-state index is 12.1. The van der Waals surface area contributed by atoms with Crippen molar-refractivity contribution in [1.29, 1.82) is 0 Å². The van der Waals surface area contributed by atoms with Crippen molar-refractivity contribution in [3.05, 3.63) is 67.8 Å². The number of anilines is 1. The first kappa shape index (κ1) is 22.0. The van der Waals surface area contributed by atoms with Crippen LogP contribution in [0.1, 0.15) is 34.4 Å². The summed E-state index contributed by atoms with van der Waals surface area (Å²) in [4.78, 5) is 51.6. The number of amides is 1. The molecular weight excluding hydrogens is 426 g/mol. The van der Waals surface area contributed by atoms with E-state index >= 15 is 0 Å². The van der Waals surface area contributed by atoms with Crippen LogP contribution in [0.3, 0.4) is 0 Å². The monoisotopic (exact) mass is 445 g/mol. The second kappa shape index (κ2) is 9.89. The van der Waals surface area contributed by atoms with E-state index in [1.54, 1.807) is 38.1 Å². The van der Waals surface area contributed by atoms with Gasteiger partial charge in [0, 0.05) is 16.9 Å². The molecular formula is C19H19N5O6S. The van der Waals surface area contributed by atoms with Gasteiger partial charge < -0.3 is 19.5 Å². The molecule has 0 spiro atoms. The molecule has 0 aliphatic rings. The van der Waals surface area contributed by atoms with E-state index in [0.717, 1.165) is 11.8 Å². The lowest BCUT2D eigenvalue weighted by Gasteiger charge is -2.05. The zero-order chi connectivity index (χ0) is 22.4. The lowest BCUT2D eigenvalue weighted by molar-refractivity contribution is -0.113. The van der Waals surface area contributed by atoms with Gasteiger partial charge in [-0.15, -0.1) is 10.2 Å². The Morgan fingerprint density at radius 3 is 2.58 bits per heavy atom. The number of nitrogens with zero attached hydrogens (tertiary/aromatic N) is 2. The van der Waals surface area contributed by atoms with Crippen LogP contribution >= 0.6 is 11.8 Å². The Morgan fingerprint density at radius 2 is 1.90 bits per heavy atom. The van der Waals surface area contributed by atoms with Crippen LogP contribution in [-0.2, 0) is 16.0 Å². The number of aromatic amines is 2. The molecule has 3 rings (SSSR count). The fraction of sp³-hybridized carbons (Fsp3) is 0.263. The van der Waals surface area contributed by atoms with Gasteiger partial charge in [0.2, 0.25) is 11.8 Å². The number of esters is 1. The Bertz CT molecular complexity index is 1200. The Labute approximate surface area is 179 Å². The van der Waals surface area contributed by atoms with Crippen LogP contribution in [0, 0.1) is 6.92 Å². The number of nitrogens with one attached hydrogen (secondary N) is 3. The molecule has 0 aliphatic carbocycles. The van der Waals surface area contributed by atoms with Crippen LogP contribution in [0.2, 0.25) is 0 Å². The molecule has 0 fully saturated rings. The number of benzene rings is 1. The molecule has 0 unspecified atom stereocenters. The number of carbonyl (C=O) groups excluding carboxylic acids is 2. The Morgan fingerprint density at radius 1 is 1.16 bits per heavy atom. The molecule has 31 heavy (non-hydrogen) atoms. The Kier molecular flexibility index (Phi) is 7.03. The first-order valence-corrected chi connectivity index (χ1v) is 10.2. The number of carbonyl (C=O) groups is 2. The Hall–Kier alpha value is -3.67. The topological polar surface area (TPSA) is 160 Å². The third-order valence-corrected chi connectivity index (χ3v) is 4.86. The summed E-state index contributed by atoms with van der Waals surface area (Å²) in [7, 11) is 0. The molecule has 3 N–H and O–H groups in total. The minimum absolute atomic E-state index is 0.0134. The van der Waals surface area contributed by atoms with Gasteiger partial charge in [0.05, 0.1) is 24.3 Å². The van der Waals surface area contributed by atoms with Crippen LogP contribution in [-0.4, -0.2) is 44.4 Å². The average molecular weight is 445 g/mol. The van der Waals surface area contributed by atoms with Crippen LogP contribution in [0.25, 0.3) is 0 Å². The molecule has 0 saturated heterocycles. The third kappa shape index (κ3) is 5.92. The number of H-pyrrole nitrogens is 2. The van der Waals surface area contributed by atoms with Gasteiger partial charge >= 0.3 is 11.7 Å². The van der Waals surface area contributed by atoms with E-state index in [-0.39, 0.29) is 35.8 Å². The second-order valence-electron chi connectivity index (χ2n) is 6.28. The van der Waals surface area contributed by atoms with Gasteiger partial charge in [-0.25, -0.2) is 9.59 Å². The zero-order valence-electron chi connectivity index (χ0n) is 16.7. The highest BCUT2D eigenvalue weighted by Crippen LogP contribution is 2.18. The van der Waals surface area contributed by atoms with E-state index in [0.29, 0.717) is 22.5 Å². The van der Waals surface area contributed by atoms with Gasteiger partial charge in [-0.1, -0.05) is 11.8 Å². The summed E-state index contributed by atoms with van der Waals surface area (Å²) in [6, 6.07) is 6.32. The largest absolute Gasteiger partial charge is 0.462 e. The van der Waals surface area contributed by atoms with E-state index in [2.05, 4.69) is 25.5 Å². The van der Waals surface area contributed by atoms with Gasteiger partial charge in [0.15, 0.2) is 0 Å². The van der Waals surface area contributed by atoms with Crippen molar-refractivity contribution in [1.82, 2.24) is 20.2 Å². The molecule has 2 aromatic heterocycles. The maximum absolute atomic E-state index is 12.1. The second-order valence-corrected chi connectivity index (χ2v) is 7.21. The molecule has 0 bridgehead atoms. The number of thioether (sulfide) groups is 1. The van der Waals surface area contributed by atoms with E-state index in [1.165, 1.54) is 0 Å². The average Bonchev–Trinajstić information content (AvgIpc) is 3.17. The summed E-state index contributed by atoms with van der Waals surface area (Å²) in [5.74, 6) is -0.540. The van der Waals surface area contributed by atoms with E-state index in [1.807, 2.05) is 0 Å². The maximum Gasteiger partial charge on any atom is 0.338 e. The minimum Gasteiger partial charge on any atom is -0.462 e. The SMILES string of the molecule is CCOC(=O)c1ccc(NC(=O)CSc2nnc(Cc3c(C)[nH]c(=O)[nH]c3=O)o2)cc1. The van der Waals surface area contributed by atoms with Crippen molar-refractivity contribution in [2.45, 2.75) is 25.5 Å². The van der Waals surface area contributed by atoms with Crippen LogP contribution < -0.4 is 16.6 Å². The Balaban J connectivity index is 1.53. The van der Waals surface area contributed by atoms with Crippen molar-refractivity contribution in [2.24, 2.45) is 0 Å². The molecule has 0 aliphatic heterocycles. The number of aromatic nitrogens is 4. The number of aryl methyl sites for hydroxylation is 1. The number of rotatable bonds is 8. The van der Waals surface area contributed by atoms with Crippen molar-refractivity contribution in [3.63, 3.8) is 0 Å². The number of hydrogen-bond donors (Lipinski definition) is 3. The standard InChI is InChI=1S/C19H19N5O6S/c1-3-29-17(27)11-4-6-12(7-5-11)21-14(25)9-31-19-24-23-15(30-19)8-13-10(2)20-18(28)22-16(13)26/h4-7H,3,8-9H2,1-2H3,(H,21,25)(H2,20,22,26,28). The molecule has 2 heterocycles. The fourth-order valence-corrected chi connectivity index (χ4v) is 3.17. The highest BCUT2D eigenvalue weighted by molar-refractivity contribution is 7.99. The first-order chi connectivity index (χ1) is 14.9. The van der Waals surface area contributed by atoms with Crippen LogP contribution in [0.5, 0.6) is 0 Å². The summed E-state index contributed by atoms with van der Waals surface area (Å²) in [5, 5.41) is 10.6. The highest BCUT2D eigenvalue weighted by atomic mass is 32.2. The van der Waals surface area contributed by atoms with Gasteiger partial charge in [0.25, 0.3) is 10.8 Å². The van der Waals surface area contributed by atoms with E-state index in [9.17, 15) is 19.2 Å². The molecule has 1 amide bonds. The summed E-state index contributed by atoms with van der Waals surface area (Å²) in [6.45, 7) is 3.61. The van der Waals surface area contributed by atoms with Crippen molar-refractivity contribution in [2.75, 3.05) is 17.7 Å². The quantitative estimate of drug-likeness (QED) is 0.342. The van der Waals surface area contributed by atoms with Crippen molar-refractivity contribution in [3.8, 4) is 0 Å². The van der Waals surface area contributed by atoms with Gasteiger partial charge in [0.1, 0.15) is 0 Å². The zero-order valence-corrected chi connectivity index (χ0v) is 17.5. The molecule has 0 saturated carbocycles. The van der Waals surface area contributed by atoms with Crippen molar-refractivity contribution < 1.29 is 18.7 Å². The molecule has 1 aromatic carbocycles. The van der Waals surface area contributed by atoms with E-state index < -0.39 is 17.2 Å². The molecule has 11 nitrogen and oxygen atoms in total. The number of ether oxygens (including phenoxy) is 1. The number of hydrogen-bond acceptors (Lipinski definition) is 9. The van der Waals surface area contributed by atoms with Crippen molar-refractivity contribution >= 4 is 29.3 Å². The highest BCUT2D eigenvalue weighted by Gasteiger charge is 2.14. The molecule has 12 heteroatoms. The molecule has 0 atom stereocenters.